The Labute approximate surface area is 218 Å². The zero-order valence-electron chi connectivity index (χ0n) is 19.6. The number of halogens is 16. The van der Waals surface area contributed by atoms with Crippen LogP contribution in [0.5, 0.6) is 0 Å². The summed E-state index contributed by atoms with van der Waals surface area (Å²) in [4.78, 5) is 0. The highest BCUT2D eigenvalue weighted by Gasteiger charge is 2.93. The fourth-order valence-corrected chi connectivity index (χ4v) is 4.35. The molecule has 0 saturated heterocycles. The van der Waals surface area contributed by atoms with Crippen molar-refractivity contribution in [3.05, 3.63) is 0 Å². The van der Waals surface area contributed by atoms with Crippen molar-refractivity contribution < 1.29 is 65.9 Å². The van der Waals surface area contributed by atoms with E-state index in [-0.39, 0.29) is 12.8 Å². The number of alkyl halides is 16. The zero-order chi connectivity index (χ0) is 29.6. The monoisotopic (exact) mass is 692 g/mol. The first-order valence-electron chi connectivity index (χ1n) is 11.4. The summed E-state index contributed by atoms with van der Waals surface area (Å²) in [5.41, 5.74) is 0. The van der Waals surface area contributed by atoms with Gasteiger partial charge >= 0.3 is 41.7 Å². The Morgan fingerprint density at radius 3 is 1.16 bits per heavy atom. The number of rotatable bonds is 18. The molecule has 1 atom stereocenters. The minimum atomic E-state index is -8.22. The van der Waals surface area contributed by atoms with Crippen LogP contribution in [0.2, 0.25) is 0 Å². The molecule has 0 aliphatic heterocycles. The van der Waals surface area contributed by atoms with Crippen LogP contribution in [-0.2, 0) is 0 Å². The second kappa shape index (κ2) is 13.4. The summed E-state index contributed by atoms with van der Waals surface area (Å²) in [6.45, 7) is 2.05. The van der Waals surface area contributed by atoms with Gasteiger partial charge in [-0.2, -0.15) is 65.9 Å². The van der Waals surface area contributed by atoms with Crippen LogP contribution >= 0.6 is 22.6 Å². The lowest BCUT2D eigenvalue weighted by molar-refractivity contribution is -0.452. The molecule has 0 heterocycles. The third kappa shape index (κ3) is 8.10. The van der Waals surface area contributed by atoms with E-state index in [1.807, 2.05) is 0 Å². The highest BCUT2D eigenvalue weighted by atomic mass is 127. The van der Waals surface area contributed by atoms with Crippen molar-refractivity contribution in [1.29, 1.82) is 0 Å². The van der Waals surface area contributed by atoms with Gasteiger partial charge in [-0.05, 0) is 6.42 Å². The van der Waals surface area contributed by atoms with Crippen LogP contribution < -0.4 is 0 Å². The second-order valence-corrected chi connectivity index (χ2v) is 10.6. The van der Waals surface area contributed by atoms with Crippen molar-refractivity contribution in [2.45, 2.75) is 130 Å². The molecule has 0 nitrogen and oxygen atoms in total. The van der Waals surface area contributed by atoms with Crippen molar-refractivity contribution >= 4 is 22.6 Å². The van der Waals surface area contributed by atoms with E-state index in [1.54, 1.807) is 0 Å². The first kappa shape index (κ1) is 36.7. The van der Waals surface area contributed by atoms with Crippen LogP contribution in [0.4, 0.5) is 65.9 Å². The lowest BCUT2D eigenvalue weighted by Crippen LogP contribution is -2.72. The van der Waals surface area contributed by atoms with Gasteiger partial charge in [-0.25, -0.2) is 0 Å². The molecular formula is C21H28F15I. The number of hydrogen-bond acceptors (Lipinski definition) is 0. The van der Waals surface area contributed by atoms with Gasteiger partial charge in [-0.15, -0.1) is 0 Å². The van der Waals surface area contributed by atoms with Crippen molar-refractivity contribution in [2.24, 2.45) is 0 Å². The van der Waals surface area contributed by atoms with Crippen LogP contribution in [-0.4, -0.2) is 45.6 Å². The first-order valence-corrected chi connectivity index (χ1v) is 12.7. The topological polar surface area (TPSA) is 0 Å². The van der Waals surface area contributed by atoms with Crippen LogP contribution in [0.25, 0.3) is 0 Å². The quantitative estimate of drug-likeness (QED) is 0.0581. The zero-order valence-corrected chi connectivity index (χ0v) is 21.8. The largest absolute Gasteiger partial charge is 0.460 e. The average molecular weight is 692 g/mol. The van der Waals surface area contributed by atoms with Gasteiger partial charge in [0, 0.05) is 10.3 Å². The molecule has 37 heavy (non-hydrogen) atoms. The molecule has 0 aromatic heterocycles. The van der Waals surface area contributed by atoms with E-state index in [2.05, 4.69) is 6.92 Å². The van der Waals surface area contributed by atoms with Crippen molar-refractivity contribution in [3.8, 4) is 0 Å². The molecule has 1 unspecified atom stereocenters. The molecular weight excluding hydrogens is 664 g/mol. The smallest absolute Gasteiger partial charge is 0.200 e. The maximum absolute atomic E-state index is 14.0. The predicted molar refractivity (Wildman–Crippen MR) is 115 cm³/mol. The van der Waals surface area contributed by atoms with Crippen molar-refractivity contribution in [3.63, 3.8) is 0 Å². The molecule has 0 bridgehead atoms. The molecule has 0 radical (unpaired) electrons. The lowest BCUT2D eigenvalue weighted by atomic mass is 9.89. The Morgan fingerprint density at radius 1 is 0.459 bits per heavy atom. The van der Waals surface area contributed by atoms with E-state index in [1.165, 1.54) is 0 Å². The molecule has 0 N–H and O–H groups in total. The number of unbranched alkanes of at least 4 members (excludes halogenated alkanes) is 9. The van der Waals surface area contributed by atoms with Gasteiger partial charge in [0.05, 0.1) is 0 Å². The third-order valence-corrected chi connectivity index (χ3v) is 6.80. The summed E-state index contributed by atoms with van der Waals surface area (Å²) in [5, 5.41) is 0. The standard InChI is InChI=1S/C21H28F15I/c1-2-3-4-5-6-7-8-9-10-11-12-14(37)13-15(22,23)16(24,25)17(26,27)18(28,29)19(30,31)20(32,33)21(34,35)36/h14H,2-13H2,1H3. The van der Waals surface area contributed by atoms with Crippen LogP contribution in [0.1, 0.15) is 84.0 Å². The summed E-state index contributed by atoms with van der Waals surface area (Å²) in [6.07, 6.45) is -1.96. The molecule has 224 valence electrons. The summed E-state index contributed by atoms with van der Waals surface area (Å²) in [7, 11) is 0. The van der Waals surface area contributed by atoms with E-state index >= 15 is 0 Å². The highest BCUT2D eigenvalue weighted by Crippen LogP contribution is 2.62. The van der Waals surface area contributed by atoms with Crippen molar-refractivity contribution in [2.75, 3.05) is 0 Å². The molecule has 0 aliphatic carbocycles. The van der Waals surface area contributed by atoms with E-state index in [4.69, 9.17) is 0 Å². The van der Waals surface area contributed by atoms with Gasteiger partial charge in [0.25, 0.3) is 0 Å². The molecule has 0 amide bonds. The number of hydrogen-bond donors (Lipinski definition) is 0. The molecule has 0 aromatic rings. The molecule has 16 heteroatoms. The van der Waals surface area contributed by atoms with Gasteiger partial charge in [0.1, 0.15) is 0 Å². The third-order valence-electron chi connectivity index (χ3n) is 5.74. The van der Waals surface area contributed by atoms with E-state index in [0.29, 0.717) is 12.8 Å². The average Bonchev–Trinajstić information content (AvgIpc) is 2.73. The van der Waals surface area contributed by atoms with Crippen LogP contribution in [0.3, 0.4) is 0 Å². The predicted octanol–water partition coefficient (Wildman–Crippen LogP) is 10.9. The maximum Gasteiger partial charge on any atom is 0.460 e. The fraction of sp³-hybridized carbons (Fsp3) is 1.00. The Kier molecular flexibility index (Phi) is 13.2. The van der Waals surface area contributed by atoms with Gasteiger partial charge in [-0.1, -0.05) is 93.7 Å². The maximum atomic E-state index is 14.0. The van der Waals surface area contributed by atoms with E-state index < -0.39 is 52.1 Å². The Bertz CT molecular complexity index is 673. The SMILES string of the molecule is CCCCCCCCCCCCC(I)CC(F)(F)C(F)(F)C(F)(F)C(F)(F)C(F)(F)C(F)(F)C(F)(F)F. The van der Waals surface area contributed by atoms with E-state index in [9.17, 15) is 65.9 Å². The van der Waals surface area contributed by atoms with Gasteiger partial charge in [-0.3, -0.25) is 0 Å². The van der Waals surface area contributed by atoms with E-state index in [0.717, 1.165) is 67.5 Å². The van der Waals surface area contributed by atoms with Gasteiger partial charge in [0.15, 0.2) is 0 Å². The normalized spacial score (nSPS) is 15.8. The fourth-order valence-electron chi connectivity index (χ4n) is 3.36. The molecule has 0 spiro atoms. The Morgan fingerprint density at radius 2 is 0.784 bits per heavy atom. The summed E-state index contributed by atoms with van der Waals surface area (Å²) >= 11 is 1.12. The summed E-state index contributed by atoms with van der Waals surface area (Å²) in [5.74, 6) is -45.9. The molecule has 0 saturated carbocycles. The van der Waals surface area contributed by atoms with Crippen LogP contribution in [0.15, 0.2) is 0 Å². The Balaban J connectivity index is 5.23. The molecule has 0 aromatic carbocycles. The molecule has 0 aliphatic rings. The molecule has 0 fully saturated rings. The lowest BCUT2D eigenvalue weighted by Gasteiger charge is -2.41. The van der Waals surface area contributed by atoms with Gasteiger partial charge in [0.2, 0.25) is 0 Å². The summed E-state index contributed by atoms with van der Waals surface area (Å²) < 4.78 is 197. The van der Waals surface area contributed by atoms with Crippen LogP contribution in [0, 0.1) is 0 Å². The minimum absolute atomic E-state index is 0.146. The minimum Gasteiger partial charge on any atom is -0.200 e. The van der Waals surface area contributed by atoms with Gasteiger partial charge < -0.3 is 0 Å². The first-order chi connectivity index (χ1) is 16.5. The Hall–Kier alpha value is -0.320. The highest BCUT2D eigenvalue weighted by molar-refractivity contribution is 14.1. The molecule has 0 rings (SSSR count). The van der Waals surface area contributed by atoms with Crippen molar-refractivity contribution in [1.82, 2.24) is 0 Å². The second-order valence-electron chi connectivity index (χ2n) is 8.85. The summed E-state index contributed by atoms with van der Waals surface area (Å²) in [6, 6.07) is 0.